The van der Waals surface area contributed by atoms with Gasteiger partial charge in [0.15, 0.2) is 17.4 Å². The van der Waals surface area contributed by atoms with Crippen LogP contribution in [0.4, 0.5) is 5.69 Å². The molecule has 0 bridgehead atoms. The summed E-state index contributed by atoms with van der Waals surface area (Å²) in [6.07, 6.45) is 5.32. The third kappa shape index (κ3) is 5.07. The summed E-state index contributed by atoms with van der Waals surface area (Å²) in [5.74, 6) is -0.245. The molecule has 0 unspecified atom stereocenters. The van der Waals surface area contributed by atoms with E-state index in [0.29, 0.717) is 17.1 Å². The number of rotatable bonds is 7. The van der Waals surface area contributed by atoms with E-state index in [-0.39, 0.29) is 16.9 Å². The molecule has 1 N–H and O–H groups in total. The summed E-state index contributed by atoms with van der Waals surface area (Å²) >= 11 is 5.46. The number of carbonyl (C=O) groups is 1. The molecule has 28 heavy (non-hydrogen) atoms. The third-order valence-electron chi connectivity index (χ3n) is 4.30. The third-order valence-corrected chi connectivity index (χ3v) is 4.66. The first-order valence-electron chi connectivity index (χ1n) is 8.83. The van der Waals surface area contributed by atoms with Gasteiger partial charge in [-0.15, -0.1) is 6.58 Å². The van der Waals surface area contributed by atoms with Gasteiger partial charge < -0.3 is 5.32 Å². The number of thiocarbonyl (C=S) groups is 1. The smallest absolute Gasteiger partial charge is 0.270 e. The molecular weight excluding hydrogens is 374 g/mol. The van der Waals surface area contributed by atoms with Crippen LogP contribution in [-0.2, 0) is 5.41 Å². The standard InChI is InChI=1S/C21H23N3O3S/c1-5-12-22-20(28)18(23-13-10-16(11-14-23)21(2,3)4)19(25)15-6-8-17(9-7-15)24(26)27/h5-11,13-14,18H,1,12H2,2-4H3/p+1/t18-/m0/s1. The van der Waals surface area contributed by atoms with E-state index >= 15 is 0 Å². The Morgan fingerprint density at radius 1 is 1.25 bits per heavy atom. The molecular formula is C21H24N3O3S+. The molecule has 6 nitrogen and oxygen atoms in total. The largest absolute Gasteiger partial charge is 0.370 e. The lowest BCUT2D eigenvalue weighted by Gasteiger charge is -2.19. The van der Waals surface area contributed by atoms with E-state index < -0.39 is 11.0 Å². The predicted octanol–water partition coefficient (Wildman–Crippen LogP) is 3.71. The van der Waals surface area contributed by atoms with Crippen molar-refractivity contribution in [2.24, 2.45) is 0 Å². The number of benzene rings is 1. The summed E-state index contributed by atoms with van der Waals surface area (Å²) < 4.78 is 1.75. The first-order chi connectivity index (χ1) is 13.1. The Morgan fingerprint density at radius 2 is 1.82 bits per heavy atom. The number of hydrogen-bond acceptors (Lipinski definition) is 4. The van der Waals surface area contributed by atoms with Gasteiger partial charge >= 0.3 is 0 Å². The van der Waals surface area contributed by atoms with Gasteiger partial charge in [-0.3, -0.25) is 14.9 Å². The second kappa shape index (κ2) is 8.84. The average Bonchev–Trinajstić information content (AvgIpc) is 2.66. The fourth-order valence-electron chi connectivity index (χ4n) is 2.67. The molecule has 1 atom stereocenters. The highest BCUT2D eigenvalue weighted by Crippen LogP contribution is 2.21. The van der Waals surface area contributed by atoms with Crippen LogP contribution in [0.5, 0.6) is 0 Å². The van der Waals surface area contributed by atoms with Crippen molar-refractivity contribution in [1.82, 2.24) is 5.32 Å². The maximum absolute atomic E-state index is 13.2. The number of carbonyl (C=O) groups excluding carboxylic acids is 1. The molecule has 0 aliphatic rings. The van der Waals surface area contributed by atoms with Gasteiger partial charge in [0.2, 0.25) is 5.78 Å². The van der Waals surface area contributed by atoms with E-state index in [4.69, 9.17) is 12.2 Å². The van der Waals surface area contributed by atoms with Gasteiger partial charge in [0.1, 0.15) is 0 Å². The van der Waals surface area contributed by atoms with Crippen molar-refractivity contribution >= 4 is 28.7 Å². The zero-order chi connectivity index (χ0) is 20.9. The Bertz CT molecular complexity index is 885. The molecule has 2 rings (SSSR count). The number of nitrogens with one attached hydrogen (secondary N) is 1. The molecule has 0 fully saturated rings. The number of nitrogens with zero attached hydrogens (tertiary/aromatic N) is 2. The van der Waals surface area contributed by atoms with E-state index in [9.17, 15) is 14.9 Å². The molecule has 1 heterocycles. The Kier molecular flexibility index (Phi) is 6.75. The molecule has 0 spiro atoms. The molecule has 0 saturated heterocycles. The van der Waals surface area contributed by atoms with Crippen LogP contribution < -0.4 is 9.88 Å². The number of Topliss-reactive ketones (excluding diaryl/α,β-unsaturated/α-hetero) is 1. The number of nitro benzene ring substituents is 1. The molecule has 0 saturated carbocycles. The van der Waals surface area contributed by atoms with Crippen LogP contribution in [0.2, 0.25) is 0 Å². The average molecular weight is 399 g/mol. The maximum atomic E-state index is 13.2. The quantitative estimate of drug-likeness (QED) is 0.192. The van der Waals surface area contributed by atoms with E-state index in [1.54, 1.807) is 10.6 Å². The molecule has 0 aliphatic heterocycles. The number of hydrogen-bond donors (Lipinski definition) is 1. The number of ketones is 1. The van der Waals surface area contributed by atoms with E-state index in [2.05, 4.69) is 32.7 Å². The Hall–Kier alpha value is -2.93. The lowest BCUT2D eigenvalue weighted by Crippen LogP contribution is -2.51. The van der Waals surface area contributed by atoms with E-state index in [0.717, 1.165) is 5.56 Å². The van der Waals surface area contributed by atoms with Crippen LogP contribution in [0.25, 0.3) is 0 Å². The molecule has 0 amide bonds. The van der Waals surface area contributed by atoms with Gasteiger partial charge in [0, 0.05) is 36.4 Å². The molecule has 1 aromatic heterocycles. The summed E-state index contributed by atoms with van der Waals surface area (Å²) in [7, 11) is 0. The summed E-state index contributed by atoms with van der Waals surface area (Å²) in [6, 6.07) is 8.71. The molecule has 2 aromatic rings. The fourth-order valence-corrected chi connectivity index (χ4v) is 2.99. The van der Waals surface area contributed by atoms with E-state index in [1.807, 2.05) is 24.5 Å². The van der Waals surface area contributed by atoms with E-state index in [1.165, 1.54) is 24.3 Å². The highest BCUT2D eigenvalue weighted by atomic mass is 32.1. The van der Waals surface area contributed by atoms with Crippen molar-refractivity contribution in [1.29, 1.82) is 0 Å². The lowest BCUT2D eigenvalue weighted by atomic mass is 9.88. The minimum atomic E-state index is -0.759. The van der Waals surface area contributed by atoms with Crippen molar-refractivity contribution in [3.8, 4) is 0 Å². The molecule has 1 aromatic carbocycles. The van der Waals surface area contributed by atoms with Crippen molar-refractivity contribution in [3.05, 3.63) is 82.7 Å². The van der Waals surface area contributed by atoms with Gasteiger partial charge in [-0.05, 0) is 23.1 Å². The van der Waals surface area contributed by atoms with Crippen molar-refractivity contribution in [3.63, 3.8) is 0 Å². The summed E-state index contributed by atoms with van der Waals surface area (Å²) in [5.41, 5.74) is 1.40. The second-order valence-corrected chi connectivity index (χ2v) is 7.83. The van der Waals surface area contributed by atoms with Crippen LogP contribution in [0.1, 0.15) is 42.7 Å². The first kappa shape index (κ1) is 21.4. The molecule has 7 heteroatoms. The van der Waals surface area contributed by atoms with Crippen LogP contribution in [-0.4, -0.2) is 22.2 Å². The summed E-state index contributed by atoms with van der Waals surface area (Å²) in [4.78, 5) is 23.9. The van der Waals surface area contributed by atoms with Crippen LogP contribution in [0, 0.1) is 10.1 Å². The Labute approximate surface area is 170 Å². The van der Waals surface area contributed by atoms with Crippen LogP contribution >= 0.6 is 12.2 Å². The number of nitro groups is 1. The van der Waals surface area contributed by atoms with Crippen molar-refractivity contribution < 1.29 is 14.3 Å². The van der Waals surface area contributed by atoms with Gasteiger partial charge in [-0.25, -0.2) is 0 Å². The monoisotopic (exact) mass is 398 g/mol. The van der Waals surface area contributed by atoms with Gasteiger partial charge in [-0.2, -0.15) is 4.57 Å². The second-order valence-electron chi connectivity index (χ2n) is 7.39. The normalized spacial score (nSPS) is 12.1. The number of pyridine rings is 1. The summed E-state index contributed by atoms with van der Waals surface area (Å²) in [5, 5.41) is 13.9. The first-order valence-corrected chi connectivity index (χ1v) is 9.24. The topological polar surface area (TPSA) is 76.1 Å². The zero-order valence-corrected chi connectivity index (χ0v) is 17.0. The van der Waals surface area contributed by atoms with Crippen LogP contribution in [0.3, 0.4) is 0 Å². The minimum absolute atomic E-state index is 0.0153. The van der Waals surface area contributed by atoms with Crippen molar-refractivity contribution in [2.45, 2.75) is 32.2 Å². The summed E-state index contributed by atoms with van der Waals surface area (Å²) in [6.45, 7) is 10.4. The van der Waals surface area contributed by atoms with Gasteiger partial charge in [0.05, 0.1) is 4.92 Å². The molecule has 0 aliphatic carbocycles. The highest BCUT2D eigenvalue weighted by Gasteiger charge is 2.33. The van der Waals surface area contributed by atoms with Crippen molar-refractivity contribution in [2.75, 3.05) is 6.54 Å². The Balaban J connectivity index is 2.41. The van der Waals surface area contributed by atoms with Gasteiger partial charge in [-0.1, -0.05) is 39.1 Å². The van der Waals surface area contributed by atoms with Gasteiger partial charge in [0.25, 0.3) is 11.7 Å². The minimum Gasteiger partial charge on any atom is -0.370 e. The zero-order valence-electron chi connectivity index (χ0n) is 16.2. The maximum Gasteiger partial charge on any atom is 0.270 e. The fraction of sp³-hybridized carbons (Fsp3) is 0.286. The number of non-ortho nitro benzene ring substituents is 1. The Morgan fingerprint density at radius 3 is 2.29 bits per heavy atom. The highest BCUT2D eigenvalue weighted by molar-refractivity contribution is 7.80. The lowest BCUT2D eigenvalue weighted by molar-refractivity contribution is -0.692. The molecule has 146 valence electrons. The molecule has 0 radical (unpaired) electrons. The predicted molar refractivity (Wildman–Crippen MR) is 113 cm³/mol. The van der Waals surface area contributed by atoms with Crippen LogP contribution in [0.15, 0.2) is 61.4 Å². The number of aromatic nitrogens is 1. The SMILES string of the molecule is C=CCNC(=S)[C@H](C(=O)c1ccc([N+](=O)[O-])cc1)[n+]1ccc(C(C)(C)C)cc1.